The maximum atomic E-state index is 12.5. The van der Waals surface area contributed by atoms with Crippen molar-refractivity contribution >= 4 is 12.0 Å². The summed E-state index contributed by atoms with van der Waals surface area (Å²) in [6, 6.07) is -2.13. The monoisotopic (exact) mass is 252 g/mol. The molecule has 0 saturated heterocycles. The van der Waals surface area contributed by atoms with E-state index in [0.717, 1.165) is 0 Å². The average Bonchev–Trinajstić information content (AvgIpc) is 2.14. The van der Waals surface area contributed by atoms with Gasteiger partial charge in [-0.2, -0.15) is 13.2 Å². The zero-order chi connectivity index (χ0) is 13.9. The predicted octanol–water partition coefficient (Wildman–Crippen LogP) is 0.713. The van der Waals surface area contributed by atoms with Crippen molar-refractivity contribution in [2.75, 3.05) is 0 Å². The Morgan fingerprint density at radius 3 is 2.18 bits per heavy atom. The number of aliphatic carboxylic acids is 1. The van der Waals surface area contributed by atoms with Gasteiger partial charge in [0.05, 0.1) is 6.04 Å². The molecule has 0 heterocycles. The maximum Gasteiger partial charge on any atom is 0.422 e. The van der Waals surface area contributed by atoms with E-state index < -0.39 is 29.8 Å². The Bertz CT molecular complexity index is 361. The van der Waals surface area contributed by atoms with Crippen molar-refractivity contribution in [1.82, 2.24) is 10.6 Å². The number of hydrogen-bond donors (Lipinski definition) is 3. The predicted molar refractivity (Wildman–Crippen MR) is 52.1 cm³/mol. The molecule has 0 spiro atoms. The molecule has 2 atom stereocenters. The first-order chi connectivity index (χ1) is 7.54. The fourth-order valence-electron chi connectivity index (χ4n) is 0.747. The van der Waals surface area contributed by atoms with Gasteiger partial charge in [-0.15, -0.1) is 6.42 Å². The van der Waals surface area contributed by atoms with E-state index in [1.807, 2.05) is 11.2 Å². The highest BCUT2D eigenvalue weighted by molar-refractivity contribution is 5.86. The first-order valence-corrected chi connectivity index (χ1v) is 4.39. The molecule has 96 valence electrons. The van der Waals surface area contributed by atoms with Crippen LogP contribution >= 0.6 is 0 Å². The minimum Gasteiger partial charge on any atom is -0.479 e. The zero-order valence-corrected chi connectivity index (χ0v) is 9.05. The van der Waals surface area contributed by atoms with Gasteiger partial charge in [-0.1, -0.05) is 5.92 Å². The lowest BCUT2D eigenvalue weighted by atomic mass is 10.0. The van der Waals surface area contributed by atoms with E-state index in [1.54, 1.807) is 0 Å². The molecular weight excluding hydrogens is 241 g/mol. The van der Waals surface area contributed by atoms with Gasteiger partial charge in [0.15, 0.2) is 0 Å². The molecule has 2 unspecified atom stereocenters. The summed E-state index contributed by atoms with van der Waals surface area (Å²) < 4.78 is 37.4. The first kappa shape index (κ1) is 15.1. The number of carbonyl (C=O) groups excluding carboxylic acids is 1. The smallest absolute Gasteiger partial charge is 0.422 e. The van der Waals surface area contributed by atoms with E-state index in [9.17, 15) is 22.8 Å². The number of hydrogen-bond acceptors (Lipinski definition) is 2. The molecule has 3 N–H and O–H groups in total. The summed E-state index contributed by atoms with van der Waals surface area (Å²) in [6.45, 7) is 1.70. The van der Waals surface area contributed by atoms with Gasteiger partial charge in [0.2, 0.25) is 5.54 Å². The Labute approximate surface area is 95.4 Å². The number of amides is 2. The highest BCUT2D eigenvalue weighted by Gasteiger charge is 2.58. The Hall–Kier alpha value is -1.91. The van der Waals surface area contributed by atoms with Crippen molar-refractivity contribution in [3.8, 4) is 12.3 Å². The van der Waals surface area contributed by atoms with Crippen LogP contribution in [0.4, 0.5) is 18.0 Å². The van der Waals surface area contributed by atoms with E-state index >= 15 is 0 Å². The molecule has 17 heavy (non-hydrogen) atoms. The summed E-state index contributed by atoms with van der Waals surface area (Å²) in [5, 5.41) is 11.8. The van der Waals surface area contributed by atoms with Gasteiger partial charge in [-0.3, -0.25) is 0 Å². The van der Waals surface area contributed by atoms with Gasteiger partial charge in [0.25, 0.3) is 0 Å². The summed E-state index contributed by atoms with van der Waals surface area (Å²) in [4.78, 5) is 21.7. The third-order valence-corrected chi connectivity index (χ3v) is 1.96. The minimum atomic E-state index is -5.13. The van der Waals surface area contributed by atoms with Crippen LogP contribution in [0.15, 0.2) is 0 Å². The number of halogens is 3. The molecule has 0 aliphatic heterocycles. The summed E-state index contributed by atoms with van der Waals surface area (Å²) in [5.74, 6) is -0.165. The van der Waals surface area contributed by atoms with Crippen molar-refractivity contribution in [3.63, 3.8) is 0 Å². The first-order valence-electron chi connectivity index (χ1n) is 4.39. The van der Waals surface area contributed by atoms with E-state index in [1.165, 1.54) is 12.2 Å². The third-order valence-electron chi connectivity index (χ3n) is 1.96. The van der Waals surface area contributed by atoms with Crippen LogP contribution in [-0.2, 0) is 4.79 Å². The molecule has 0 radical (unpaired) electrons. The number of terminal acetylenes is 1. The second-order valence-corrected chi connectivity index (χ2v) is 3.41. The number of carboxylic acid groups (broad SMARTS) is 1. The molecule has 0 fully saturated rings. The van der Waals surface area contributed by atoms with Crippen LogP contribution in [0.25, 0.3) is 0 Å². The van der Waals surface area contributed by atoms with E-state index in [-0.39, 0.29) is 0 Å². The Morgan fingerprint density at radius 2 is 1.88 bits per heavy atom. The van der Waals surface area contributed by atoms with Crippen LogP contribution < -0.4 is 10.6 Å². The van der Waals surface area contributed by atoms with Gasteiger partial charge >= 0.3 is 18.2 Å². The molecule has 0 aliphatic carbocycles. The number of alkyl halides is 3. The Balaban J connectivity index is 4.88. The zero-order valence-electron chi connectivity index (χ0n) is 9.05. The minimum absolute atomic E-state index is 0.343. The largest absolute Gasteiger partial charge is 0.479 e. The molecule has 5 nitrogen and oxygen atoms in total. The average molecular weight is 252 g/mol. The van der Waals surface area contributed by atoms with Crippen molar-refractivity contribution in [2.45, 2.75) is 31.6 Å². The number of urea groups is 1. The molecule has 2 amide bonds. The number of rotatable bonds is 3. The second-order valence-electron chi connectivity index (χ2n) is 3.41. The molecule has 8 heteroatoms. The Morgan fingerprint density at radius 1 is 1.41 bits per heavy atom. The maximum absolute atomic E-state index is 12.5. The highest BCUT2D eigenvalue weighted by Crippen LogP contribution is 2.30. The summed E-state index contributed by atoms with van der Waals surface area (Å²) in [7, 11) is 0. The molecule has 0 aromatic rings. The fraction of sp³-hybridized carbons (Fsp3) is 0.556. The van der Waals surface area contributed by atoms with Crippen molar-refractivity contribution < 1.29 is 27.9 Å². The standard InChI is InChI=1S/C9H11F3N2O3/c1-4-5(2)13-7(17)14-8(3,6(15)16)9(10,11)12/h1,5H,2-3H3,(H,15,16)(H2,13,14,17). The lowest BCUT2D eigenvalue weighted by molar-refractivity contribution is -0.203. The SMILES string of the molecule is C#CC(C)NC(=O)NC(C)(C(=O)O)C(F)(F)F. The van der Waals surface area contributed by atoms with E-state index in [0.29, 0.717) is 6.92 Å². The lowest BCUT2D eigenvalue weighted by Gasteiger charge is -2.28. The summed E-state index contributed by atoms with van der Waals surface area (Å²) in [5.41, 5.74) is -3.37. The molecule has 0 rings (SSSR count). The van der Waals surface area contributed by atoms with Crippen molar-refractivity contribution in [1.29, 1.82) is 0 Å². The topological polar surface area (TPSA) is 78.4 Å². The molecule has 0 saturated carbocycles. The molecule has 0 aliphatic rings. The molecule has 0 bridgehead atoms. The summed E-state index contributed by atoms with van der Waals surface area (Å²) >= 11 is 0. The number of nitrogens with one attached hydrogen (secondary N) is 2. The van der Waals surface area contributed by atoms with E-state index in [4.69, 9.17) is 11.5 Å². The van der Waals surface area contributed by atoms with Gasteiger partial charge in [0, 0.05) is 0 Å². The van der Waals surface area contributed by atoms with E-state index in [2.05, 4.69) is 0 Å². The number of carboxylic acids is 1. The van der Waals surface area contributed by atoms with Gasteiger partial charge in [-0.25, -0.2) is 9.59 Å². The van der Waals surface area contributed by atoms with Crippen molar-refractivity contribution in [3.05, 3.63) is 0 Å². The van der Waals surface area contributed by atoms with Crippen LogP contribution in [0.1, 0.15) is 13.8 Å². The van der Waals surface area contributed by atoms with Crippen LogP contribution in [0.2, 0.25) is 0 Å². The van der Waals surface area contributed by atoms with Crippen LogP contribution in [0, 0.1) is 12.3 Å². The number of carbonyl (C=O) groups is 2. The normalized spacial score (nSPS) is 16.2. The second kappa shape index (κ2) is 4.95. The Kier molecular flexibility index (Phi) is 4.39. The van der Waals surface area contributed by atoms with Crippen LogP contribution in [0.3, 0.4) is 0 Å². The molecule has 0 aromatic carbocycles. The van der Waals surface area contributed by atoms with Gasteiger partial charge in [-0.05, 0) is 13.8 Å². The van der Waals surface area contributed by atoms with Crippen LogP contribution in [0.5, 0.6) is 0 Å². The van der Waals surface area contributed by atoms with Gasteiger partial charge in [0.1, 0.15) is 0 Å². The van der Waals surface area contributed by atoms with Crippen molar-refractivity contribution in [2.24, 2.45) is 0 Å². The third kappa shape index (κ3) is 3.55. The molecule has 0 aromatic heterocycles. The fourth-order valence-corrected chi connectivity index (χ4v) is 0.747. The van der Waals surface area contributed by atoms with Crippen LogP contribution in [-0.4, -0.2) is 34.9 Å². The lowest BCUT2D eigenvalue weighted by Crippen LogP contribution is -2.64. The summed E-state index contributed by atoms with van der Waals surface area (Å²) in [6.07, 6.45) is -0.231. The van der Waals surface area contributed by atoms with Gasteiger partial charge < -0.3 is 15.7 Å². The highest BCUT2D eigenvalue weighted by atomic mass is 19.4. The molecular formula is C9H11F3N2O3. The quantitative estimate of drug-likeness (QED) is 0.647.